The van der Waals surface area contributed by atoms with Crippen molar-refractivity contribution in [1.29, 1.82) is 0 Å². The van der Waals surface area contributed by atoms with Crippen molar-refractivity contribution in [3.8, 4) is 0 Å². The zero-order valence-electron chi connectivity index (χ0n) is 11.2. The van der Waals surface area contributed by atoms with E-state index >= 15 is 0 Å². The molecule has 1 unspecified atom stereocenters. The van der Waals surface area contributed by atoms with Gasteiger partial charge in [-0.05, 0) is 37.5 Å². The van der Waals surface area contributed by atoms with Crippen LogP contribution in [0.25, 0.3) is 0 Å². The SMILES string of the molecule is CC(c1ccc(N)cc1)N1CCN(C2CC2)CC1. The van der Waals surface area contributed by atoms with Crippen LogP contribution in [0.1, 0.15) is 31.4 Å². The molecule has 1 aromatic rings. The number of nitrogen functional groups attached to an aromatic ring is 1. The molecule has 3 heteroatoms. The van der Waals surface area contributed by atoms with Crippen molar-refractivity contribution in [2.75, 3.05) is 31.9 Å². The lowest BCUT2D eigenvalue weighted by Crippen LogP contribution is -2.47. The third kappa shape index (κ3) is 2.52. The van der Waals surface area contributed by atoms with Gasteiger partial charge in [0, 0.05) is 44.0 Å². The van der Waals surface area contributed by atoms with Gasteiger partial charge in [0.05, 0.1) is 0 Å². The van der Waals surface area contributed by atoms with E-state index in [9.17, 15) is 0 Å². The fourth-order valence-electron chi connectivity index (χ4n) is 2.91. The van der Waals surface area contributed by atoms with Crippen LogP contribution in [0.4, 0.5) is 5.69 Å². The summed E-state index contributed by atoms with van der Waals surface area (Å²) >= 11 is 0. The second-order valence-electron chi connectivity index (χ2n) is 5.65. The van der Waals surface area contributed by atoms with E-state index in [4.69, 9.17) is 5.73 Å². The molecule has 3 rings (SSSR count). The highest BCUT2D eigenvalue weighted by molar-refractivity contribution is 5.40. The predicted molar refractivity (Wildman–Crippen MR) is 75.4 cm³/mol. The Morgan fingerprint density at radius 2 is 1.67 bits per heavy atom. The van der Waals surface area contributed by atoms with E-state index in [0.717, 1.165) is 11.7 Å². The van der Waals surface area contributed by atoms with Crippen LogP contribution < -0.4 is 5.73 Å². The highest BCUT2D eigenvalue weighted by Crippen LogP contribution is 2.29. The molecule has 1 aliphatic heterocycles. The number of nitrogens with zero attached hydrogens (tertiary/aromatic N) is 2. The molecule has 0 amide bonds. The molecule has 1 saturated carbocycles. The smallest absolute Gasteiger partial charge is 0.0320 e. The Hall–Kier alpha value is -1.06. The molecule has 0 radical (unpaired) electrons. The lowest BCUT2D eigenvalue weighted by Gasteiger charge is -2.38. The normalized spacial score (nSPS) is 24.1. The molecule has 1 atom stereocenters. The summed E-state index contributed by atoms with van der Waals surface area (Å²) in [5, 5.41) is 0. The Morgan fingerprint density at radius 1 is 1.06 bits per heavy atom. The Labute approximate surface area is 110 Å². The van der Waals surface area contributed by atoms with Crippen molar-refractivity contribution in [2.45, 2.75) is 31.8 Å². The summed E-state index contributed by atoms with van der Waals surface area (Å²) in [5.41, 5.74) is 7.97. The molecule has 1 saturated heterocycles. The van der Waals surface area contributed by atoms with Crippen LogP contribution in [0.3, 0.4) is 0 Å². The first-order valence-corrected chi connectivity index (χ1v) is 7.07. The van der Waals surface area contributed by atoms with Crippen molar-refractivity contribution in [2.24, 2.45) is 0 Å². The number of hydrogen-bond acceptors (Lipinski definition) is 3. The van der Waals surface area contributed by atoms with Gasteiger partial charge in [0.2, 0.25) is 0 Å². The van der Waals surface area contributed by atoms with Crippen molar-refractivity contribution in [1.82, 2.24) is 9.80 Å². The molecule has 2 aliphatic rings. The van der Waals surface area contributed by atoms with Crippen molar-refractivity contribution in [3.05, 3.63) is 29.8 Å². The van der Waals surface area contributed by atoms with E-state index in [2.05, 4.69) is 28.9 Å². The van der Waals surface area contributed by atoms with Crippen LogP contribution in [0.2, 0.25) is 0 Å². The van der Waals surface area contributed by atoms with E-state index in [1.165, 1.54) is 44.6 Å². The topological polar surface area (TPSA) is 32.5 Å². The van der Waals surface area contributed by atoms with Gasteiger partial charge in [-0.3, -0.25) is 9.80 Å². The second kappa shape index (κ2) is 4.90. The highest BCUT2D eigenvalue weighted by Gasteiger charge is 2.32. The van der Waals surface area contributed by atoms with Gasteiger partial charge in [0.15, 0.2) is 0 Å². The fourth-order valence-corrected chi connectivity index (χ4v) is 2.91. The average molecular weight is 245 g/mol. The van der Waals surface area contributed by atoms with E-state index < -0.39 is 0 Å². The summed E-state index contributed by atoms with van der Waals surface area (Å²) in [6.07, 6.45) is 2.85. The highest BCUT2D eigenvalue weighted by atomic mass is 15.3. The predicted octanol–water partition coefficient (Wildman–Crippen LogP) is 2.11. The van der Waals surface area contributed by atoms with Crippen LogP contribution in [0, 0.1) is 0 Å². The van der Waals surface area contributed by atoms with Gasteiger partial charge in [-0.25, -0.2) is 0 Å². The van der Waals surface area contributed by atoms with Gasteiger partial charge in [-0.2, -0.15) is 0 Å². The van der Waals surface area contributed by atoms with Gasteiger partial charge in [0.25, 0.3) is 0 Å². The van der Waals surface area contributed by atoms with Crippen LogP contribution >= 0.6 is 0 Å². The maximum atomic E-state index is 5.74. The summed E-state index contributed by atoms with van der Waals surface area (Å²) in [7, 11) is 0. The molecule has 2 fully saturated rings. The Morgan fingerprint density at radius 3 is 2.22 bits per heavy atom. The summed E-state index contributed by atoms with van der Waals surface area (Å²) in [5.74, 6) is 0. The van der Waals surface area contributed by atoms with Gasteiger partial charge < -0.3 is 5.73 Å². The molecule has 0 bridgehead atoms. The number of piperazine rings is 1. The van der Waals surface area contributed by atoms with Crippen LogP contribution in [0.15, 0.2) is 24.3 Å². The first-order chi connectivity index (χ1) is 8.74. The quantitative estimate of drug-likeness (QED) is 0.828. The summed E-state index contributed by atoms with van der Waals surface area (Å²) in [6.45, 7) is 7.18. The van der Waals surface area contributed by atoms with Crippen molar-refractivity contribution >= 4 is 5.69 Å². The van der Waals surface area contributed by atoms with Crippen molar-refractivity contribution < 1.29 is 0 Å². The molecular weight excluding hydrogens is 222 g/mol. The number of anilines is 1. The maximum Gasteiger partial charge on any atom is 0.0320 e. The molecule has 0 aromatic heterocycles. The molecule has 1 heterocycles. The standard InChI is InChI=1S/C15H23N3/c1-12(13-2-4-14(16)5-3-13)17-8-10-18(11-9-17)15-6-7-15/h2-5,12,15H,6-11,16H2,1H3. The van der Waals surface area contributed by atoms with Crippen molar-refractivity contribution in [3.63, 3.8) is 0 Å². The van der Waals surface area contributed by atoms with E-state index in [-0.39, 0.29) is 0 Å². The van der Waals surface area contributed by atoms with E-state index in [1.54, 1.807) is 0 Å². The summed E-state index contributed by atoms with van der Waals surface area (Å²) in [4.78, 5) is 5.25. The third-order valence-electron chi connectivity index (χ3n) is 4.38. The zero-order chi connectivity index (χ0) is 12.5. The minimum absolute atomic E-state index is 0.506. The zero-order valence-corrected chi connectivity index (χ0v) is 11.2. The molecular formula is C15H23N3. The third-order valence-corrected chi connectivity index (χ3v) is 4.38. The second-order valence-corrected chi connectivity index (χ2v) is 5.65. The lowest BCUT2D eigenvalue weighted by molar-refractivity contribution is 0.0975. The lowest BCUT2D eigenvalue weighted by atomic mass is 10.1. The first kappa shape index (κ1) is 12.0. The van der Waals surface area contributed by atoms with Crippen LogP contribution in [-0.4, -0.2) is 42.0 Å². The monoisotopic (exact) mass is 245 g/mol. The molecule has 2 N–H and O–H groups in total. The molecule has 0 spiro atoms. The number of rotatable bonds is 3. The molecule has 1 aromatic carbocycles. The number of nitrogens with two attached hydrogens (primary N) is 1. The van der Waals surface area contributed by atoms with Gasteiger partial charge >= 0.3 is 0 Å². The van der Waals surface area contributed by atoms with Gasteiger partial charge in [-0.1, -0.05) is 12.1 Å². The van der Waals surface area contributed by atoms with Gasteiger partial charge in [0.1, 0.15) is 0 Å². The molecule has 1 aliphatic carbocycles. The van der Waals surface area contributed by atoms with Crippen LogP contribution in [0.5, 0.6) is 0 Å². The summed E-state index contributed by atoms with van der Waals surface area (Å²) in [6, 6.07) is 9.75. The number of benzene rings is 1. The van der Waals surface area contributed by atoms with E-state index in [1.807, 2.05) is 12.1 Å². The minimum atomic E-state index is 0.506. The Kier molecular flexibility index (Phi) is 3.27. The molecule has 98 valence electrons. The molecule has 3 nitrogen and oxygen atoms in total. The maximum absolute atomic E-state index is 5.74. The molecule has 18 heavy (non-hydrogen) atoms. The fraction of sp³-hybridized carbons (Fsp3) is 0.600. The minimum Gasteiger partial charge on any atom is -0.399 e. The Bertz CT molecular complexity index is 389. The van der Waals surface area contributed by atoms with Gasteiger partial charge in [-0.15, -0.1) is 0 Å². The van der Waals surface area contributed by atoms with Crippen LogP contribution in [-0.2, 0) is 0 Å². The summed E-state index contributed by atoms with van der Waals surface area (Å²) < 4.78 is 0. The Balaban J connectivity index is 1.59. The average Bonchev–Trinajstić information content (AvgIpc) is 3.23. The van der Waals surface area contributed by atoms with E-state index in [0.29, 0.717) is 6.04 Å². The first-order valence-electron chi connectivity index (χ1n) is 7.07. The number of hydrogen-bond donors (Lipinski definition) is 1. The largest absolute Gasteiger partial charge is 0.399 e.